The standard InChI is InChI=1S/C11H13F4NO/c1-6-3-4-8(5-9(6)12)17-10(7(2)16)11(13,14)15/h3-5,7,10H,16H2,1-2H3. The van der Waals surface area contributed by atoms with Crippen LogP contribution in [-0.4, -0.2) is 18.3 Å². The minimum Gasteiger partial charge on any atom is -0.479 e. The van der Waals surface area contributed by atoms with Gasteiger partial charge in [-0.15, -0.1) is 0 Å². The molecule has 0 aliphatic heterocycles. The second-order valence-corrected chi connectivity index (χ2v) is 3.85. The van der Waals surface area contributed by atoms with Crippen molar-refractivity contribution in [2.45, 2.75) is 32.2 Å². The van der Waals surface area contributed by atoms with Gasteiger partial charge in [-0.05, 0) is 25.5 Å². The Bertz CT molecular complexity index is 390. The molecule has 0 bridgehead atoms. The second-order valence-electron chi connectivity index (χ2n) is 3.85. The molecule has 2 nitrogen and oxygen atoms in total. The topological polar surface area (TPSA) is 35.2 Å². The molecule has 0 fully saturated rings. The highest BCUT2D eigenvalue weighted by Gasteiger charge is 2.44. The van der Waals surface area contributed by atoms with E-state index in [4.69, 9.17) is 5.73 Å². The molecule has 1 aromatic rings. The summed E-state index contributed by atoms with van der Waals surface area (Å²) in [7, 11) is 0. The van der Waals surface area contributed by atoms with Gasteiger partial charge >= 0.3 is 6.18 Å². The number of aryl methyl sites for hydroxylation is 1. The zero-order chi connectivity index (χ0) is 13.2. The molecule has 1 aromatic carbocycles. The number of nitrogens with two attached hydrogens (primary N) is 1. The third kappa shape index (κ3) is 3.59. The fourth-order valence-corrected chi connectivity index (χ4v) is 1.27. The Balaban J connectivity index is 2.91. The third-order valence-electron chi connectivity index (χ3n) is 2.21. The van der Waals surface area contributed by atoms with Gasteiger partial charge < -0.3 is 10.5 Å². The molecule has 0 saturated heterocycles. The van der Waals surface area contributed by atoms with Crippen molar-refractivity contribution in [3.05, 3.63) is 29.6 Å². The summed E-state index contributed by atoms with van der Waals surface area (Å²) in [6, 6.07) is 2.30. The number of ether oxygens (including phenoxy) is 1. The highest BCUT2D eigenvalue weighted by Crippen LogP contribution is 2.27. The molecule has 0 radical (unpaired) electrons. The summed E-state index contributed by atoms with van der Waals surface area (Å²) in [5.74, 6) is -0.805. The van der Waals surface area contributed by atoms with Crippen LogP contribution in [0.3, 0.4) is 0 Å². The van der Waals surface area contributed by atoms with Gasteiger partial charge in [0, 0.05) is 12.1 Å². The first-order chi connectivity index (χ1) is 7.71. The van der Waals surface area contributed by atoms with Crippen LogP contribution in [0.5, 0.6) is 5.75 Å². The quantitative estimate of drug-likeness (QED) is 0.838. The lowest BCUT2D eigenvalue weighted by molar-refractivity contribution is -0.199. The molecule has 2 unspecified atom stereocenters. The van der Waals surface area contributed by atoms with Crippen LogP contribution >= 0.6 is 0 Å². The minimum atomic E-state index is -4.59. The lowest BCUT2D eigenvalue weighted by Crippen LogP contribution is -2.47. The first-order valence-corrected chi connectivity index (χ1v) is 4.97. The Morgan fingerprint density at radius 3 is 2.29 bits per heavy atom. The molecule has 0 spiro atoms. The Morgan fingerprint density at radius 2 is 1.88 bits per heavy atom. The largest absolute Gasteiger partial charge is 0.479 e. The molecular weight excluding hydrogens is 238 g/mol. The monoisotopic (exact) mass is 251 g/mol. The van der Waals surface area contributed by atoms with Crippen LogP contribution in [0.2, 0.25) is 0 Å². The van der Waals surface area contributed by atoms with Gasteiger partial charge in [0.15, 0.2) is 0 Å². The minimum absolute atomic E-state index is 0.187. The van der Waals surface area contributed by atoms with E-state index in [1.165, 1.54) is 26.0 Å². The predicted octanol–water partition coefficient (Wildman–Crippen LogP) is 2.79. The maximum absolute atomic E-state index is 13.1. The third-order valence-corrected chi connectivity index (χ3v) is 2.21. The summed E-state index contributed by atoms with van der Waals surface area (Å²) in [6.45, 7) is 2.69. The maximum Gasteiger partial charge on any atom is 0.426 e. The number of alkyl halides is 3. The number of rotatable bonds is 3. The molecule has 0 amide bonds. The summed E-state index contributed by atoms with van der Waals surface area (Å²) in [4.78, 5) is 0. The van der Waals surface area contributed by atoms with Crippen LogP contribution in [0.1, 0.15) is 12.5 Å². The summed E-state index contributed by atoms with van der Waals surface area (Å²) in [6.07, 6.45) is -6.74. The number of halogens is 4. The summed E-state index contributed by atoms with van der Waals surface area (Å²) < 4.78 is 55.4. The van der Waals surface area contributed by atoms with Gasteiger partial charge in [0.2, 0.25) is 6.10 Å². The zero-order valence-electron chi connectivity index (χ0n) is 9.38. The zero-order valence-corrected chi connectivity index (χ0v) is 9.38. The van der Waals surface area contributed by atoms with Crippen LogP contribution in [0.25, 0.3) is 0 Å². The fourth-order valence-electron chi connectivity index (χ4n) is 1.27. The van der Waals surface area contributed by atoms with Crippen molar-refractivity contribution in [2.75, 3.05) is 0 Å². The van der Waals surface area contributed by atoms with Crippen molar-refractivity contribution in [1.82, 2.24) is 0 Å². The molecule has 0 aliphatic rings. The number of benzene rings is 1. The van der Waals surface area contributed by atoms with Crippen LogP contribution in [0, 0.1) is 12.7 Å². The Morgan fingerprint density at radius 1 is 1.29 bits per heavy atom. The molecule has 2 atom stereocenters. The van der Waals surface area contributed by atoms with E-state index in [9.17, 15) is 17.6 Å². The smallest absolute Gasteiger partial charge is 0.426 e. The van der Waals surface area contributed by atoms with Crippen molar-refractivity contribution in [2.24, 2.45) is 5.73 Å². The molecule has 6 heteroatoms. The van der Waals surface area contributed by atoms with Gasteiger partial charge in [0.1, 0.15) is 11.6 Å². The van der Waals surface area contributed by atoms with E-state index in [0.717, 1.165) is 6.07 Å². The van der Waals surface area contributed by atoms with Crippen molar-refractivity contribution in [3.8, 4) is 5.75 Å². The molecule has 1 rings (SSSR count). The van der Waals surface area contributed by atoms with E-state index >= 15 is 0 Å². The summed E-state index contributed by atoms with van der Waals surface area (Å²) >= 11 is 0. The van der Waals surface area contributed by atoms with Gasteiger partial charge in [-0.2, -0.15) is 13.2 Å². The van der Waals surface area contributed by atoms with Gasteiger partial charge in [-0.25, -0.2) is 4.39 Å². The van der Waals surface area contributed by atoms with E-state index in [0.29, 0.717) is 5.56 Å². The van der Waals surface area contributed by atoms with Crippen molar-refractivity contribution in [1.29, 1.82) is 0 Å². The molecule has 0 aliphatic carbocycles. The van der Waals surface area contributed by atoms with E-state index in [-0.39, 0.29) is 5.75 Å². The van der Waals surface area contributed by atoms with Crippen molar-refractivity contribution in [3.63, 3.8) is 0 Å². The van der Waals surface area contributed by atoms with Crippen LogP contribution in [0.15, 0.2) is 18.2 Å². The number of hydrogen-bond acceptors (Lipinski definition) is 2. The summed E-state index contributed by atoms with van der Waals surface area (Å²) in [5.41, 5.74) is 5.53. The first kappa shape index (κ1) is 13.8. The molecule has 0 saturated carbocycles. The lowest BCUT2D eigenvalue weighted by Gasteiger charge is -2.24. The Hall–Kier alpha value is -1.30. The molecule has 2 N–H and O–H groups in total. The van der Waals surface area contributed by atoms with E-state index in [1.54, 1.807) is 0 Å². The SMILES string of the molecule is Cc1ccc(OC(C(C)N)C(F)(F)F)cc1F. The fraction of sp³-hybridized carbons (Fsp3) is 0.455. The second kappa shape index (κ2) is 4.91. The van der Waals surface area contributed by atoms with Crippen LogP contribution < -0.4 is 10.5 Å². The summed E-state index contributed by atoms with van der Waals surface area (Å²) in [5, 5.41) is 0. The lowest BCUT2D eigenvalue weighted by atomic mass is 10.2. The average molecular weight is 251 g/mol. The number of hydrogen-bond donors (Lipinski definition) is 1. The maximum atomic E-state index is 13.1. The molecule has 0 aromatic heterocycles. The van der Waals surface area contributed by atoms with Gasteiger partial charge in [0.25, 0.3) is 0 Å². The normalized spacial score (nSPS) is 15.5. The van der Waals surface area contributed by atoms with Gasteiger partial charge in [-0.3, -0.25) is 0 Å². The van der Waals surface area contributed by atoms with Crippen molar-refractivity contribution >= 4 is 0 Å². The molecule has 96 valence electrons. The van der Waals surface area contributed by atoms with Crippen molar-refractivity contribution < 1.29 is 22.3 Å². The molecule has 0 heterocycles. The Labute approximate surface area is 96.4 Å². The molecular formula is C11H13F4NO. The highest BCUT2D eigenvalue weighted by molar-refractivity contribution is 5.28. The first-order valence-electron chi connectivity index (χ1n) is 4.97. The van der Waals surface area contributed by atoms with Gasteiger partial charge in [0.05, 0.1) is 0 Å². The van der Waals surface area contributed by atoms with E-state index < -0.39 is 24.1 Å². The van der Waals surface area contributed by atoms with Crippen LogP contribution in [-0.2, 0) is 0 Å². The highest BCUT2D eigenvalue weighted by atomic mass is 19.4. The molecule has 17 heavy (non-hydrogen) atoms. The van der Waals surface area contributed by atoms with E-state index in [2.05, 4.69) is 4.74 Å². The average Bonchev–Trinajstić information content (AvgIpc) is 2.17. The van der Waals surface area contributed by atoms with Crippen LogP contribution in [0.4, 0.5) is 17.6 Å². The Kier molecular flexibility index (Phi) is 3.98. The van der Waals surface area contributed by atoms with Gasteiger partial charge in [-0.1, -0.05) is 6.07 Å². The predicted molar refractivity (Wildman–Crippen MR) is 55.3 cm³/mol. The van der Waals surface area contributed by atoms with E-state index in [1.807, 2.05) is 0 Å².